The van der Waals surface area contributed by atoms with Gasteiger partial charge in [-0.15, -0.1) is 23.5 Å². The first-order valence-electron chi connectivity index (χ1n) is 14.5. The summed E-state index contributed by atoms with van der Waals surface area (Å²) in [6.45, 7) is 3.76. The van der Waals surface area contributed by atoms with E-state index in [1.807, 2.05) is 17.8 Å². The van der Waals surface area contributed by atoms with Crippen molar-refractivity contribution >= 4 is 35.2 Å². The SMILES string of the molecule is NC(=O)C1NCC(N[C@H]2CCCC[C@H]2N)CC1NC1CC(C2CSC3C(=O)C=C(N4CCOCC4)SC32)NO1. The number of morpholine rings is 1. The highest BCUT2D eigenvalue weighted by molar-refractivity contribution is 8.07. The Morgan fingerprint density at radius 1 is 1.13 bits per heavy atom. The minimum Gasteiger partial charge on any atom is -0.378 e. The molecule has 10 atom stereocenters. The summed E-state index contributed by atoms with van der Waals surface area (Å²) in [5.41, 5.74) is 15.4. The number of ether oxygens (including phenoxy) is 1. The summed E-state index contributed by atoms with van der Waals surface area (Å²) in [5, 5.41) is 12.0. The van der Waals surface area contributed by atoms with Crippen molar-refractivity contribution in [3.05, 3.63) is 11.1 Å². The maximum Gasteiger partial charge on any atom is 0.236 e. The molecule has 6 aliphatic rings. The molecule has 13 heteroatoms. The number of carbonyl (C=O) groups excluding carboxylic acids is 2. The van der Waals surface area contributed by atoms with Crippen molar-refractivity contribution in [2.75, 3.05) is 38.6 Å². The molecule has 5 heterocycles. The lowest BCUT2D eigenvalue weighted by Gasteiger charge is -2.40. The number of nitrogens with two attached hydrogens (primary N) is 2. The molecule has 6 rings (SSSR count). The second-order valence-electron chi connectivity index (χ2n) is 11.8. The molecule has 0 spiro atoms. The molecule has 1 saturated carbocycles. The monoisotopic (exact) mass is 581 g/mol. The molecule has 39 heavy (non-hydrogen) atoms. The molecule has 8 N–H and O–H groups in total. The van der Waals surface area contributed by atoms with E-state index in [1.165, 1.54) is 12.8 Å². The molecule has 0 aromatic rings. The average Bonchev–Trinajstić information content (AvgIpc) is 3.58. The van der Waals surface area contributed by atoms with E-state index in [9.17, 15) is 9.59 Å². The lowest BCUT2D eigenvalue weighted by Crippen LogP contribution is -2.66. The summed E-state index contributed by atoms with van der Waals surface area (Å²) in [5.74, 6) is 1.12. The number of nitrogens with zero attached hydrogens (tertiary/aromatic N) is 1. The maximum atomic E-state index is 13.0. The Morgan fingerprint density at radius 2 is 1.95 bits per heavy atom. The number of piperidine rings is 1. The summed E-state index contributed by atoms with van der Waals surface area (Å²) in [4.78, 5) is 33.6. The molecular formula is C26H43N7O4S2. The first kappa shape index (κ1) is 28.2. The van der Waals surface area contributed by atoms with Gasteiger partial charge in [-0.05, 0) is 30.9 Å². The number of thioether (sulfide) groups is 2. The number of allylic oxidation sites excluding steroid dienone is 1. The van der Waals surface area contributed by atoms with Gasteiger partial charge in [0, 0.05) is 67.6 Å². The molecule has 4 saturated heterocycles. The topological polar surface area (TPSA) is 156 Å². The number of nitrogens with one attached hydrogen (secondary N) is 4. The zero-order chi connectivity index (χ0) is 26.9. The van der Waals surface area contributed by atoms with Crippen molar-refractivity contribution in [2.24, 2.45) is 17.4 Å². The van der Waals surface area contributed by atoms with Crippen LogP contribution in [0.3, 0.4) is 0 Å². The number of rotatable bonds is 7. The summed E-state index contributed by atoms with van der Waals surface area (Å²) in [6.07, 6.45) is 7.71. The fraction of sp³-hybridized carbons (Fsp3) is 0.846. The number of hydrogen-bond acceptors (Lipinski definition) is 12. The minimum absolute atomic E-state index is 0.00150. The Morgan fingerprint density at radius 3 is 2.74 bits per heavy atom. The predicted molar refractivity (Wildman–Crippen MR) is 153 cm³/mol. The molecule has 8 unspecified atom stereocenters. The van der Waals surface area contributed by atoms with Crippen molar-refractivity contribution in [1.82, 2.24) is 26.3 Å². The number of hydroxylamine groups is 1. The average molecular weight is 582 g/mol. The van der Waals surface area contributed by atoms with Crippen molar-refractivity contribution in [3.8, 4) is 0 Å². The lowest BCUT2D eigenvalue weighted by atomic mass is 9.88. The van der Waals surface area contributed by atoms with Crippen LogP contribution in [0.4, 0.5) is 0 Å². The van der Waals surface area contributed by atoms with Crippen molar-refractivity contribution in [3.63, 3.8) is 0 Å². The number of hydrogen-bond donors (Lipinski definition) is 6. The smallest absolute Gasteiger partial charge is 0.236 e. The van der Waals surface area contributed by atoms with E-state index in [2.05, 4.69) is 26.3 Å². The first-order chi connectivity index (χ1) is 19.0. The summed E-state index contributed by atoms with van der Waals surface area (Å²) in [6, 6.07) is 0.228. The Hall–Kier alpha value is -0.900. The Kier molecular flexibility index (Phi) is 9.08. The summed E-state index contributed by atoms with van der Waals surface area (Å²) in [7, 11) is 0. The molecule has 218 valence electrons. The van der Waals surface area contributed by atoms with E-state index in [0.29, 0.717) is 31.7 Å². The van der Waals surface area contributed by atoms with Gasteiger partial charge in [0.2, 0.25) is 5.91 Å². The third kappa shape index (κ3) is 6.31. The van der Waals surface area contributed by atoms with E-state index in [0.717, 1.165) is 49.6 Å². The van der Waals surface area contributed by atoms with Crippen molar-refractivity contribution in [2.45, 2.75) is 91.5 Å². The van der Waals surface area contributed by atoms with Crippen LogP contribution < -0.4 is 32.9 Å². The van der Waals surface area contributed by atoms with Gasteiger partial charge in [-0.1, -0.05) is 12.8 Å². The molecule has 11 nitrogen and oxygen atoms in total. The van der Waals surface area contributed by atoms with E-state index >= 15 is 0 Å². The number of primary amides is 1. The van der Waals surface area contributed by atoms with Gasteiger partial charge in [-0.2, -0.15) is 5.48 Å². The molecule has 0 radical (unpaired) electrons. The third-order valence-corrected chi connectivity index (χ3v) is 12.3. The van der Waals surface area contributed by atoms with Gasteiger partial charge < -0.3 is 31.7 Å². The quantitative estimate of drug-likeness (QED) is 0.224. The molecule has 1 amide bonds. The molecule has 0 aromatic heterocycles. The number of fused-ring (bicyclic) bond motifs is 1. The highest BCUT2D eigenvalue weighted by Gasteiger charge is 2.49. The van der Waals surface area contributed by atoms with Gasteiger partial charge in [-0.25, -0.2) is 0 Å². The van der Waals surface area contributed by atoms with Crippen LogP contribution in [0.5, 0.6) is 0 Å². The lowest BCUT2D eigenvalue weighted by molar-refractivity contribution is -0.121. The Balaban J connectivity index is 1.06. The van der Waals surface area contributed by atoms with Crippen LogP contribution in [0.25, 0.3) is 0 Å². The normalized spacial score (nSPS) is 43.3. The summed E-state index contributed by atoms with van der Waals surface area (Å²) < 4.78 is 5.51. The zero-order valence-corrected chi connectivity index (χ0v) is 24.0. The van der Waals surface area contributed by atoms with Crippen LogP contribution in [-0.2, 0) is 19.2 Å². The van der Waals surface area contributed by atoms with Crippen molar-refractivity contribution in [1.29, 1.82) is 0 Å². The highest BCUT2D eigenvalue weighted by atomic mass is 32.2. The number of amides is 1. The standard InChI is InChI=1S/C26H43N7O4S2/c27-16-3-1-2-4-17(16)30-14-9-19(23(26(28)35)29-12-14)31-21-10-18(32-37-21)15-13-38-25-20(34)11-22(39-24(15)25)33-5-7-36-8-6-33/h11,14-19,21,23-25,29-32H,1-10,12-13,27H2,(H2,28,35)/t14?,15?,16-,17+,18?,19?,21?,23?,24?,25?/m1/s1. The molecule has 0 aromatic carbocycles. The predicted octanol–water partition coefficient (Wildman–Crippen LogP) is -0.771. The largest absolute Gasteiger partial charge is 0.378 e. The van der Waals surface area contributed by atoms with Crippen LogP contribution in [-0.4, -0.2) is 108 Å². The van der Waals surface area contributed by atoms with Gasteiger partial charge >= 0.3 is 0 Å². The second kappa shape index (κ2) is 12.5. The molecule has 0 bridgehead atoms. The molecule has 5 aliphatic heterocycles. The first-order valence-corrected chi connectivity index (χ1v) is 16.5. The minimum atomic E-state index is -0.454. The van der Waals surface area contributed by atoms with E-state index in [-0.39, 0.29) is 52.6 Å². The van der Waals surface area contributed by atoms with Crippen LogP contribution in [0.2, 0.25) is 0 Å². The highest BCUT2D eigenvalue weighted by Crippen LogP contribution is 2.48. The van der Waals surface area contributed by atoms with E-state index in [1.54, 1.807) is 11.8 Å². The Labute approximate surface area is 239 Å². The fourth-order valence-corrected chi connectivity index (χ4v) is 10.5. The van der Waals surface area contributed by atoms with Gasteiger partial charge in [-0.3, -0.25) is 19.7 Å². The van der Waals surface area contributed by atoms with E-state index < -0.39 is 6.04 Å². The van der Waals surface area contributed by atoms with Crippen LogP contribution in [0, 0.1) is 5.92 Å². The van der Waals surface area contributed by atoms with Gasteiger partial charge in [0.1, 0.15) is 12.3 Å². The van der Waals surface area contributed by atoms with Gasteiger partial charge in [0.25, 0.3) is 0 Å². The second-order valence-corrected chi connectivity index (χ2v) is 14.1. The number of ketones is 1. The maximum absolute atomic E-state index is 13.0. The Bertz CT molecular complexity index is 938. The van der Waals surface area contributed by atoms with Crippen LogP contribution >= 0.6 is 23.5 Å². The molecule has 1 aliphatic carbocycles. The fourth-order valence-electron chi connectivity index (χ4n) is 6.99. The molecule has 5 fully saturated rings. The van der Waals surface area contributed by atoms with Gasteiger partial charge in [0.05, 0.1) is 23.5 Å². The molecular weight excluding hydrogens is 538 g/mol. The zero-order valence-electron chi connectivity index (χ0n) is 22.4. The number of carbonyl (C=O) groups is 2. The van der Waals surface area contributed by atoms with Crippen LogP contribution in [0.15, 0.2) is 11.1 Å². The van der Waals surface area contributed by atoms with E-state index in [4.69, 9.17) is 21.0 Å². The summed E-state index contributed by atoms with van der Waals surface area (Å²) >= 11 is 3.62. The van der Waals surface area contributed by atoms with Gasteiger partial charge in [0.15, 0.2) is 5.78 Å². The van der Waals surface area contributed by atoms with Crippen molar-refractivity contribution < 1.29 is 19.2 Å². The third-order valence-electron chi connectivity index (χ3n) is 9.16. The van der Waals surface area contributed by atoms with Crippen LogP contribution in [0.1, 0.15) is 38.5 Å².